The molecule has 1 rings (SSSR count). The van der Waals surface area contributed by atoms with Crippen molar-refractivity contribution in [1.82, 2.24) is 10.6 Å². The van der Waals surface area contributed by atoms with Gasteiger partial charge in [-0.1, -0.05) is 26.0 Å². The number of ether oxygens (including phenoxy) is 1. The first kappa shape index (κ1) is 17.9. The van der Waals surface area contributed by atoms with Crippen molar-refractivity contribution in [2.24, 2.45) is 5.92 Å². The molecule has 0 aromatic heterocycles. The first-order valence-electron chi connectivity index (χ1n) is 7.34. The molecule has 2 amide bonds. The molecule has 6 heteroatoms. The lowest BCUT2D eigenvalue weighted by atomic mass is 10.0. The number of benzene rings is 1. The summed E-state index contributed by atoms with van der Waals surface area (Å²) in [6.07, 6.45) is -0.620. The number of carbonyl (C=O) groups excluding carboxylic acids is 2. The predicted molar refractivity (Wildman–Crippen MR) is 81.7 cm³/mol. The Kier molecular flexibility index (Phi) is 6.82. The van der Waals surface area contributed by atoms with E-state index in [0.29, 0.717) is 0 Å². The minimum atomic E-state index is -0.693. The summed E-state index contributed by atoms with van der Waals surface area (Å²) in [6.45, 7) is 7.40. The SMILES string of the molecule is CCOC(=O)NC(C(=O)NC(C)c1ccc(F)cc1)C(C)C. The highest BCUT2D eigenvalue weighted by atomic mass is 19.1. The van der Waals surface area contributed by atoms with Gasteiger partial charge in [0.15, 0.2) is 0 Å². The Morgan fingerprint density at radius 1 is 1.14 bits per heavy atom. The third kappa shape index (κ3) is 5.35. The van der Waals surface area contributed by atoms with Crippen molar-refractivity contribution in [3.05, 3.63) is 35.6 Å². The second-order valence-corrected chi connectivity index (χ2v) is 5.37. The van der Waals surface area contributed by atoms with Crippen molar-refractivity contribution in [2.45, 2.75) is 39.8 Å². The Balaban J connectivity index is 2.70. The number of hydrogen-bond acceptors (Lipinski definition) is 3. The molecule has 0 aliphatic rings. The Morgan fingerprint density at radius 3 is 2.23 bits per heavy atom. The molecule has 0 saturated carbocycles. The van der Waals surface area contributed by atoms with E-state index >= 15 is 0 Å². The maximum Gasteiger partial charge on any atom is 0.407 e. The lowest BCUT2D eigenvalue weighted by Gasteiger charge is -2.23. The zero-order valence-electron chi connectivity index (χ0n) is 13.4. The fourth-order valence-electron chi connectivity index (χ4n) is 1.97. The highest BCUT2D eigenvalue weighted by Gasteiger charge is 2.25. The van der Waals surface area contributed by atoms with Gasteiger partial charge in [0.2, 0.25) is 5.91 Å². The fourth-order valence-corrected chi connectivity index (χ4v) is 1.97. The summed E-state index contributed by atoms with van der Waals surface area (Å²) in [7, 11) is 0. The smallest absolute Gasteiger partial charge is 0.407 e. The maximum absolute atomic E-state index is 12.9. The molecule has 22 heavy (non-hydrogen) atoms. The van der Waals surface area contributed by atoms with E-state index in [1.54, 1.807) is 26.0 Å². The first-order valence-corrected chi connectivity index (χ1v) is 7.34. The van der Waals surface area contributed by atoms with Crippen molar-refractivity contribution in [1.29, 1.82) is 0 Å². The molecule has 0 heterocycles. The molecule has 0 aliphatic carbocycles. The van der Waals surface area contributed by atoms with E-state index in [1.165, 1.54) is 12.1 Å². The number of carbonyl (C=O) groups is 2. The van der Waals surface area contributed by atoms with Crippen molar-refractivity contribution >= 4 is 12.0 Å². The van der Waals surface area contributed by atoms with Crippen molar-refractivity contribution in [3.8, 4) is 0 Å². The van der Waals surface area contributed by atoms with Crippen molar-refractivity contribution in [2.75, 3.05) is 6.61 Å². The maximum atomic E-state index is 12.9. The molecule has 5 nitrogen and oxygen atoms in total. The van der Waals surface area contributed by atoms with Gasteiger partial charge in [0.1, 0.15) is 11.9 Å². The van der Waals surface area contributed by atoms with Gasteiger partial charge in [0.25, 0.3) is 0 Å². The van der Waals surface area contributed by atoms with Gasteiger partial charge >= 0.3 is 6.09 Å². The van der Waals surface area contributed by atoms with Gasteiger partial charge in [-0.2, -0.15) is 0 Å². The summed E-state index contributed by atoms with van der Waals surface area (Å²) >= 11 is 0. The Hall–Kier alpha value is -2.11. The van der Waals surface area contributed by atoms with Crippen LogP contribution in [0.3, 0.4) is 0 Å². The van der Waals surface area contributed by atoms with Crippen LogP contribution in [0.2, 0.25) is 0 Å². The van der Waals surface area contributed by atoms with Crippen molar-refractivity contribution in [3.63, 3.8) is 0 Å². The van der Waals surface area contributed by atoms with Gasteiger partial charge in [0.05, 0.1) is 12.6 Å². The average Bonchev–Trinajstić information content (AvgIpc) is 2.45. The quantitative estimate of drug-likeness (QED) is 0.849. The van der Waals surface area contributed by atoms with Gasteiger partial charge < -0.3 is 15.4 Å². The van der Waals surface area contributed by atoms with E-state index in [9.17, 15) is 14.0 Å². The molecule has 0 aliphatic heterocycles. The zero-order chi connectivity index (χ0) is 16.7. The topological polar surface area (TPSA) is 67.4 Å². The van der Waals surface area contributed by atoms with Gasteiger partial charge in [-0.3, -0.25) is 4.79 Å². The highest BCUT2D eigenvalue weighted by Crippen LogP contribution is 2.14. The number of nitrogens with one attached hydrogen (secondary N) is 2. The van der Waals surface area contributed by atoms with Crippen LogP contribution in [-0.4, -0.2) is 24.6 Å². The largest absolute Gasteiger partial charge is 0.450 e. The minimum absolute atomic E-state index is 0.0928. The van der Waals surface area contributed by atoms with E-state index in [1.807, 2.05) is 13.8 Å². The second kappa shape index (κ2) is 8.36. The summed E-state index contributed by atoms with van der Waals surface area (Å²) < 4.78 is 17.7. The van der Waals surface area contributed by atoms with E-state index in [2.05, 4.69) is 10.6 Å². The second-order valence-electron chi connectivity index (χ2n) is 5.37. The Morgan fingerprint density at radius 2 is 1.73 bits per heavy atom. The number of hydrogen-bond donors (Lipinski definition) is 2. The monoisotopic (exact) mass is 310 g/mol. The molecule has 122 valence electrons. The normalized spacial score (nSPS) is 13.4. The summed E-state index contributed by atoms with van der Waals surface area (Å²) in [5.74, 6) is -0.726. The van der Waals surface area contributed by atoms with Crippen LogP contribution in [0.4, 0.5) is 9.18 Å². The molecule has 1 aromatic carbocycles. The number of amides is 2. The van der Waals surface area contributed by atoms with Gasteiger partial charge in [-0.15, -0.1) is 0 Å². The molecule has 0 radical (unpaired) electrons. The Labute approximate surface area is 130 Å². The van der Waals surface area contributed by atoms with E-state index < -0.39 is 12.1 Å². The molecule has 0 spiro atoms. The molecule has 0 saturated heterocycles. The number of halogens is 1. The van der Waals surface area contributed by atoms with Crippen LogP contribution in [0.25, 0.3) is 0 Å². The zero-order valence-corrected chi connectivity index (χ0v) is 13.4. The van der Waals surface area contributed by atoms with Crippen LogP contribution in [0, 0.1) is 11.7 Å². The van der Waals surface area contributed by atoms with Crippen LogP contribution in [0.5, 0.6) is 0 Å². The van der Waals surface area contributed by atoms with E-state index in [4.69, 9.17) is 4.74 Å². The molecule has 1 aromatic rings. The van der Waals surface area contributed by atoms with Crippen LogP contribution in [-0.2, 0) is 9.53 Å². The van der Waals surface area contributed by atoms with Crippen LogP contribution in [0.1, 0.15) is 39.3 Å². The van der Waals surface area contributed by atoms with Gasteiger partial charge in [-0.25, -0.2) is 9.18 Å². The lowest BCUT2D eigenvalue weighted by molar-refractivity contribution is -0.124. The van der Waals surface area contributed by atoms with Gasteiger partial charge in [0, 0.05) is 0 Å². The fraction of sp³-hybridized carbons (Fsp3) is 0.500. The highest BCUT2D eigenvalue weighted by molar-refractivity contribution is 5.86. The van der Waals surface area contributed by atoms with E-state index in [-0.39, 0.29) is 30.3 Å². The number of alkyl carbamates (subject to hydrolysis) is 1. The summed E-state index contributed by atoms with van der Waals surface area (Å²) in [5.41, 5.74) is 0.786. The summed E-state index contributed by atoms with van der Waals surface area (Å²) in [5, 5.41) is 5.36. The van der Waals surface area contributed by atoms with Gasteiger partial charge in [-0.05, 0) is 37.5 Å². The Bertz CT molecular complexity index is 503. The molecule has 0 fully saturated rings. The summed E-state index contributed by atoms with van der Waals surface area (Å²) in [4.78, 5) is 23.8. The van der Waals surface area contributed by atoms with Crippen LogP contribution >= 0.6 is 0 Å². The molecule has 2 N–H and O–H groups in total. The lowest BCUT2D eigenvalue weighted by Crippen LogP contribution is -2.50. The standard InChI is InChI=1S/C16H23FN2O3/c1-5-22-16(21)19-14(10(2)3)15(20)18-11(4)12-6-8-13(17)9-7-12/h6-11,14H,5H2,1-4H3,(H,18,20)(H,19,21). The minimum Gasteiger partial charge on any atom is -0.450 e. The molecule has 2 atom stereocenters. The van der Waals surface area contributed by atoms with Crippen molar-refractivity contribution < 1.29 is 18.7 Å². The third-order valence-electron chi connectivity index (χ3n) is 3.23. The molecular weight excluding hydrogens is 287 g/mol. The molecule has 0 bridgehead atoms. The average molecular weight is 310 g/mol. The number of rotatable bonds is 6. The third-order valence-corrected chi connectivity index (χ3v) is 3.23. The first-order chi connectivity index (χ1) is 10.3. The summed E-state index contributed by atoms with van der Waals surface area (Å²) in [6, 6.07) is 4.93. The molecule has 2 unspecified atom stereocenters. The van der Waals surface area contributed by atoms with Crippen LogP contribution < -0.4 is 10.6 Å². The van der Waals surface area contributed by atoms with Crippen LogP contribution in [0.15, 0.2) is 24.3 Å². The predicted octanol–water partition coefficient (Wildman–Crippen LogP) is 2.77. The van der Waals surface area contributed by atoms with E-state index in [0.717, 1.165) is 5.56 Å². The molecular formula is C16H23FN2O3.